The van der Waals surface area contributed by atoms with Gasteiger partial charge in [0.2, 0.25) is 0 Å². The Bertz CT molecular complexity index is 6170. The maximum absolute atomic E-state index is 12.5. The van der Waals surface area contributed by atoms with E-state index in [9.17, 15) is 33.9 Å². The summed E-state index contributed by atoms with van der Waals surface area (Å²) in [7, 11) is 1.68. The topological polar surface area (TPSA) is 187 Å². The molecule has 0 bridgehead atoms. The van der Waals surface area contributed by atoms with E-state index >= 15 is 0 Å². The Morgan fingerprint density at radius 1 is 0.305 bits per heavy atom. The Morgan fingerprint density at radius 3 is 0.730 bits per heavy atom. The number of hydrogen-bond donors (Lipinski definition) is 2. The predicted octanol–water partition coefficient (Wildman–Crippen LogP) is 28.5. The van der Waals surface area contributed by atoms with E-state index < -0.39 is 39.6 Å². The molecule has 6 aliphatic rings. The number of thiophene rings is 1. The summed E-state index contributed by atoms with van der Waals surface area (Å²) in [5.41, 5.74) is 24.7. The number of thiol groups is 1. The Morgan fingerprint density at radius 2 is 0.518 bits per heavy atom. The molecule has 0 radical (unpaired) electrons. The summed E-state index contributed by atoms with van der Waals surface area (Å²) in [5.74, 6) is -0.372. The number of carbonyl (C=O) groups excluding carboxylic acids is 6. The van der Waals surface area contributed by atoms with Crippen molar-refractivity contribution < 1.29 is 67.0 Å². The number of esters is 6. The third kappa shape index (κ3) is 20.5. The molecule has 6 aliphatic carbocycles. The number of aliphatic hydroxyl groups is 1. The Hall–Kier alpha value is -13.8. The maximum Gasteiger partial charge on any atom is 0.334 e. The number of carbonyl (C=O) groups is 6. The van der Waals surface area contributed by atoms with Gasteiger partial charge in [-0.05, 0) is 207 Å². The van der Waals surface area contributed by atoms with E-state index in [-0.39, 0.29) is 36.5 Å². The van der Waals surface area contributed by atoms with E-state index in [2.05, 4.69) is 162 Å². The number of methoxy groups -OCH3 is 1. The zero-order chi connectivity index (χ0) is 100. The fraction of sp³-hybridized carbons (Fsp3) is 0.242. The molecule has 1 aromatic heterocycles. The molecule has 0 spiro atoms. The molecule has 13 aromatic rings. The molecule has 0 unspecified atom stereocenters. The number of fused-ring (bicyclic) bond motifs is 18. The zero-order valence-electron chi connectivity index (χ0n) is 81.8. The van der Waals surface area contributed by atoms with E-state index in [1.54, 1.807) is 60.0 Å². The second-order valence-electron chi connectivity index (χ2n) is 36.3. The fourth-order valence-electron chi connectivity index (χ4n) is 20.2. The highest BCUT2D eigenvalue weighted by Gasteiger charge is 2.53. The van der Waals surface area contributed by atoms with Crippen LogP contribution in [0.1, 0.15) is 191 Å². The third-order valence-corrected chi connectivity index (χ3v) is 28.3. The number of unbranched alkanes of at least 4 members (excludes halogenated alkanes) is 1. The van der Waals surface area contributed by atoms with E-state index in [0.717, 1.165) is 196 Å². The van der Waals surface area contributed by atoms with E-state index in [0.29, 0.717) is 65.7 Å². The lowest BCUT2D eigenvalue weighted by Crippen LogP contribution is -2.33. The molecular weight excluding hydrogens is 1810 g/mol. The van der Waals surface area contributed by atoms with Gasteiger partial charge in [-0.15, -0.1) is 0 Å². The predicted molar refractivity (Wildman–Crippen MR) is 572 cm³/mol. The van der Waals surface area contributed by atoms with Crippen molar-refractivity contribution in [1.82, 2.24) is 0 Å². The van der Waals surface area contributed by atoms with Gasteiger partial charge in [-0.2, -0.15) is 35.7 Å². The smallest absolute Gasteiger partial charge is 0.334 e. The van der Waals surface area contributed by atoms with Crippen LogP contribution in [0.2, 0.25) is 0 Å². The minimum absolute atomic E-state index is 0.0523. The van der Waals surface area contributed by atoms with Crippen molar-refractivity contribution in [2.45, 2.75) is 153 Å². The quantitative estimate of drug-likeness (QED) is 0.0142. The van der Waals surface area contributed by atoms with Crippen LogP contribution in [0.5, 0.6) is 0 Å². The average Bonchev–Trinajstić information content (AvgIpc) is 1.57. The minimum Gasteiger partial charge on any atom is -0.446 e. The van der Waals surface area contributed by atoms with Crippen molar-refractivity contribution in [2.75, 3.05) is 38.1 Å². The Balaban J connectivity index is 0.000000135. The average molecular weight is 1930 g/mol. The van der Waals surface area contributed by atoms with E-state index in [4.69, 9.17) is 33.2 Å². The normalized spacial score (nSPS) is 14.0. The molecule has 720 valence electrons. The second-order valence-corrected chi connectivity index (χ2v) is 38.6. The third-order valence-electron chi connectivity index (χ3n) is 26.6. The molecule has 14 nitrogen and oxygen atoms in total. The summed E-state index contributed by atoms with van der Waals surface area (Å²) >= 11 is 7.75. The van der Waals surface area contributed by atoms with Crippen molar-refractivity contribution >= 4 is 71.5 Å². The molecule has 19 rings (SSSR count). The Kier molecular flexibility index (Phi) is 33.4. The molecular formula is C124H122O14S3. The van der Waals surface area contributed by atoms with Gasteiger partial charge in [0.05, 0.1) is 0 Å². The van der Waals surface area contributed by atoms with Gasteiger partial charge in [0.1, 0.15) is 0 Å². The van der Waals surface area contributed by atoms with Crippen LogP contribution in [-0.2, 0) is 95.5 Å². The Labute approximate surface area is 843 Å². The molecule has 0 aliphatic heterocycles. The summed E-state index contributed by atoms with van der Waals surface area (Å²) in [6, 6.07) is 99.8. The van der Waals surface area contributed by atoms with E-state index in [1.807, 2.05) is 223 Å². The van der Waals surface area contributed by atoms with Crippen molar-refractivity contribution in [3.8, 4) is 66.8 Å². The van der Waals surface area contributed by atoms with Crippen LogP contribution in [0.3, 0.4) is 0 Å². The number of benzene rings is 12. The van der Waals surface area contributed by atoms with Crippen molar-refractivity contribution in [3.05, 3.63) is 453 Å². The standard InChI is InChI=1S/C21H22O3.C21H16O2S.C21H22O2S.C21H22O2.C20H20O3.C20H20O2S/c1-15(2)20(22)24-21(13-8-14-23-3)18-11-6-4-9-16(18)17-10-5-7-12-19(17)21;1-14(2)20(22)23-21(15-11-12-24-13-15)18-9-5-3-7-16(18)17-8-4-6-10-19(17)21;1-15(2)20(22)23-21(13-8-14-24-3)18-11-6-4-9-16(18)17-10-5-7-12-19(17)21;1-4-5-14-21(23-20(22)15(2)3)18-12-8-6-10-16(18)17-11-7-9-13-19(17)21;1-14(2)19(22)23-20(12-7-13-21)17-10-5-3-8-15(17)16-9-4-6-11-18(16)20;1-14(2)19(21)22-20(12-7-13-23)17-10-5-3-8-15(17)16-9-4-6-11-18(16)20/h4-7,9-12H,1,8,13-14H2,2-3H3;3-13H,1H2,2H3;4-7,9-12H,1,8,13-14H2,2-3H3;6-13H,2,4-5,14H2,1,3H3;3-6,8-11,21H,1,7,12-13H2,2H3;3-6,8-11,23H,1,7,12-13H2,2H3. The first-order valence-corrected chi connectivity index (χ1v) is 50.8. The SMILES string of the molecule is C=C(C)C(=O)OC1(CCCC)c2ccccc2-c2ccccc21.C=C(C)C(=O)OC1(CCCO)c2ccccc2-c2ccccc21.C=C(C)C(=O)OC1(CCCOC)c2ccccc2-c2ccccc21.C=C(C)C(=O)OC1(CCCS)c2ccccc2-c2ccccc21.C=C(C)C(=O)OC1(CCCSC)c2ccccc2-c2ccccc21.C=C(C)C(=O)OC1(c2ccsc2)c2ccccc2-c2ccccc21. The highest BCUT2D eigenvalue weighted by Crippen LogP contribution is 2.60. The zero-order valence-corrected chi connectivity index (χ0v) is 84.3. The molecule has 141 heavy (non-hydrogen) atoms. The van der Waals surface area contributed by atoms with Crippen LogP contribution >= 0.6 is 35.7 Å². The molecule has 0 fully saturated rings. The lowest BCUT2D eigenvalue weighted by molar-refractivity contribution is -0.153. The summed E-state index contributed by atoms with van der Waals surface area (Å²) in [6.07, 6.45) is 10.8. The fourth-order valence-corrected chi connectivity index (χ4v) is 21.5. The van der Waals surface area contributed by atoms with Gasteiger partial charge in [-0.1, -0.05) is 344 Å². The highest BCUT2D eigenvalue weighted by atomic mass is 32.2. The van der Waals surface area contributed by atoms with Gasteiger partial charge >= 0.3 is 35.8 Å². The molecule has 1 N–H and O–H groups in total. The summed E-state index contributed by atoms with van der Waals surface area (Å²) in [4.78, 5) is 74.3. The largest absolute Gasteiger partial charge is 0.446 e. The molecule has 1 heterocycles. The molecule has 12 aromatic carbocycles. The van der Waals surface area contributed by atoms with Gasteiger partial charge in [0.25, 0.3) is 0 Å². The van der Waals surface area contributed by atoms with Crippen LogP contribution < -0.4 is 0 Å². The van der Waals surface area contributed by atoms with Crippen LogP contribution in [0.15, 0.2) is 381 Å². The molecule has 17 heteroatoms. The van der Waals surface area contributed by atoms with Gasteiger partial charge in [-0.3, -0.25) is 0 Å². The van der Waals surface area contributed by atoms with Gasteiger partial charge < -0.3 is 38.3 Å². The van der Waals surface area contributed by atoms with Crippen LogP contribution in [-0.4, -0.2) is 79.0 Å². The summed E-state index contributed by atoms with van der Waals surface area (Å²) < 4.78 is 41.6. The number of hydrogen-bond acceptors (Lipinski definition) is 17. The molecule has 0 amide bonds. The first-order valence-electron chi connectivity index (χ1n) is 47.9. The lowest BCUT2D eigenvalue weighted by atomic mass is 9.85. The molecule has 0 saturated heterocycles. The summed E-state index contributed by atoms with van der Waals surface area (Å²) in [5, 5.41) is 13.4. The van der Waals surface area contributed by atoms with Crippen LogP contribution in [0.4, 0.5) is 0 Å². The van der Waals surface area contributed by atoms with Gasteiger partial charge in [0.15, 0.2) is 33.6 Å². The van der Waals surface area contributed by atoms with Crippen molar-refractivity contribution in [3.63, 3.8) is 0 Å². The maximum atomic E-state index is 12.5. The second kappa shape index (κ2) is 45.6. The molecule has 0 saturated carbocycles. The van der Waals surface area contributed by atoms with Gasteiger partial charge in [0, 0.05) is 126 Å². The van der Waals surface area contributed by atoms with Crippen molar-refractivity contribution in [1.29, 1.82) is 0 Å². The number of thioether (sulfide) groups is 1. The van der Waals surface area contributed by atoms with E-state index in [1.165, 1.54) is 0 Å². The highest BCUT2D eigenvalue weighted by molar-refractivity contribution is 7.98. The van der Waals surface area contributed by atoms with Gasteiger partial charge in [-0.25, -0.2) is 28.8 Å². The van der Waals surface area contributed by atoms with Crippen LogP contribution in [0, 0.1) is 0 Å². The molecule has 0 atom stereocenters. The van der Waals surface area contributed by atoms with Crippen LogP contribution in [0.25, 0.3) is 66.8 Å². The number of rotatable bonds is 30. The minimum atomic E-state index is -0.913. The lowest BCUT2D eigenvalue weighted by Gasteiger charge is -2.32. The number of ether oxygens (including phenoxy) is 7. The number of aliphatic hydroxyl groups excluding tert-OH is 1. The monoisotopic (exact) mass is 1930 g/mol. The van der Waals surface area contributed by atoms with Crippen molar-refractivity contribution in [2.24, 2.45) is 0 Å². The first kappa shape index (κ1) is 103. The first-order chi connectivity index (χ1) is 68.1. The summed E-state index contributed by atoms with van der Waals surface area (Å²) in [6.45, 7) is 35.3.